The summed E-state index contributed by atoms with van der Waals surface area (Å²) >= 11 is 1.24. The van der Waals surface area contributed by atoms with E-state index in [1.165, 1.54) is 11.3 Å². The minimum atomic E-state index is 0.0367. The number of benzene rings is 2. The maximum Gasteiger partial charge on any atom is 0.307 e. The Balaban J connectivity index is 2.19. The topological polar surface area (TPSA) is 39.1 Å². The third-order valence-electron chi connectivity index (χ3n) is 3.39. The highest BCUT2D eigenvalue weighted by Gasteiger charge is 2.07. The molecule has 1 heterocycles. The van der Waals surface area contributed by atoms with Gasteiger partial charge in [0.25, 0.3) is 0 Å². The van der Waals surface area contributed by atoms with E-state index >= 15 is 0 Å². The minimum absolute atomic E-state index is 0.0367. The van der Waals surface area contributed by atoms with E-state index < -0.39 is 0 Å². The van der Waals surface area contributed by atoms with Crippen molar-refractivity contribution < 1.29 is 4.79 Å². The standard InChI is InChI=1S/C16H13NO2S/c1-10(18)11-4-3-5-12(8-11)13-6-7-15-14(9-13)17(2)16(19)20-15/h3-9H,1-2H3. The van der Waals surface area contributed by atoms with Crippen LogP contribution in [0.4, 0.5) is 0 Å². The highest BCUT2D eigenvalue weighted by atomic mass is 32.1. The molecule has 0 saturated carbocycles. The zero-order valence-electron chi connectivity index (χ0n) is 11.2. The van der Waals surface area contributed by atoms with Gasteiger partial charge >= 0.3 is 4.87 Å². The fourth-order valence-electron chi connectivity index (χ4n) is 2.22. The molecule has 0 aliphatic rings. The van der Waals surface area contributed by atoms with Gasteiger partial charge in [-0.25, -0.2) is 0 Å². The number of carbonyl (C=O) groups is 1. The molecule has 0 bridgehead atoms. The fourth-order valence-corrected chi connectivity index (χ4v) is 3.08. The van der Waals surface area contributed by atoms with Crippen molar-refractivity contribution in [3.63, 3.8) is 0 Å². The van der Waals surface area contributed by atoms with Crippen molar-refractivity contribution in [2.24, 2.45) is 7.05 Å². The van der Waals surface area contributed by atoms with Gasteiger partial charge in [-0.1, -0.05) is 35.6 Å². The average Bonchev–Trinajstić information content (AvgIpc) is 2.74. The van der Waals surface area contributed by atoms with Crippen LogP contribution in [-0.2, 0) is 7.05 Å². The molecular formula is C16H13NO2S. The normalized spacial score (nSPS) is 10.9. The highest BCUT2D eigenvalue weighted by Crippen LogP contribution is 2.26. The zero-order valence-corrected chi connectivity index (χ0v) is 12.0. The molecule has 0 atom stereocenters. The van der Waals surface area contributed by atoms with Crippen LogP contribution in [-0.4, -0.2) is 10.4 Å². The van der Waals surface area contributed by atoms with Crippen molar-refractivity contribution in [2.45, 2.75) is 6.92 Å². The van der Waals surface area contributed by atoms with Crippen molar-refractivity contribution in [2.75, 3.05) is 0 Å². The number of rotatable bonds is 2. The van der Waals surface area contributed by atoms with Crippen molar-refractivity contribution in [3.05, 3.63) is 57.7 Å². The molecule has 0 N–H and O–H groups in total. The monoisotopic (exact) mass is 283 g/mol. The largest absolute Gasteiger partial charge is 0.307 e. The van der Waals surface area contributed by atoms with Crippen LogP contribution >= 0.6 is 11.3 Å². The first-order chi connectivity index (χ1) is 9.56. The number of aryl methyl sites for hydroxylation is 1. The van der Waals surface area contributed by atoms with Gasteiger partial charge in [0.1, 0.15) is 0 Å². The lowest BCUT2D eigenvalue weighted by molar-refractivity contribution is 0.101. The summed E-state index contributed by atoms with van der Waals surface area (Å²) in [6, 6.07) is 13.5. The summed E-state index contributed by atoms with van der Waals surface area (Å²) in [5.74, 6) is 0.0517. The number of Topliss-reactive ketones (excluding diaryl/α,β-unsaturated/α-hetero) is 1. The van der Waals surface area contributed by atoms with E-state index in [0.717, 1.165) is 21.3 Å². The Labute approximate surface area is 120 Å². The molecule has 2 aromatic carbocycles. The Morgan fingerprint density at radius 2 is 1.85 bits per heavy atom. The number of fused-ring (bicyclic) bond motifs is 1. The van der Waals surface area contributed by atoms with Gasteiger partial charge in [-0.2, -0.15) is 0 Å². The van der Waals surface area contributed by atoms with E-state index in [1.807, 2.05) is 42.5 Å². The lowest BCUT2D eigenvalue weighted by Crippen LogP contribution is -2.06. The second kappa shape index (κ2) is 4.72. The first-order valence-corrected chi connectivity index (χ1v) is 7.09. The predicted molar refractivity (Wildman–Crippen MR) is 82.5 cm³/mol. The molecule has 0 radical (unpaired) electrons. The number of hydrogen-bond donors (Lipinski definition) is 0. The van der Waals surface area contributed by atoms with Crippen LogP contribution in [0.3, 0.4) is 0 Å². The van der Waals surface area contributed by atoms with Crippen LogP contribution in [0.2, 0.25) is 0 Å². The van der Waals surface area contributed by atoms with Crippen molar-refractivity contribution in [1.82, 2.24) is 4.57 Å². The summed E-state index contributed by atoms with van der Waals surface area (Å²) in [4.78, 5) is 23.2. The lowest BCUT2D eigenvalue weighted by atomic mass is 10.0. The molecule has 0 amide bonds. The van der Waals surface area contributed by atoms with Gasteiger partial charge in [0.15, 0.2) is 5.78 Å². The lowest BCUT2D eigenvalue weighted by Gasteiger charge is -2.04. The van der Waals surface area contributed by atoms with Crippen LogP contribution < -0.4 is 4.87 Å². The van der Waals surface area contributed by atoms with Gasteiger partial charge < -0.3 is 4.57 Å². The van der Waals surface area contributed by atoms with Gasteiger partial charge in [-0.3, -0.25) is 9.59 Å². The van der Waals surface area contributed by atoms with Crippen molar-refractivity contribution >= 4 is 27.3 Å². The van der Waals surface area contributed by atoms with Gasteiger partial charge in [-0.05, 0) is 36.2 Å². The summed E-state index contributed by atoms with van der Waals surface area (Å²) in [7, 11) is 1.77. The van der Waals surface area contributed by atoms with Crippen LogP contribution in [0.1, 0.15) is 17.3 Å². The van der Waals surface area contributed by atoms with E-state index in [1.54, 1.807) is 18.5 Å². The van der Waals surface area contributed by atoms with Gasteiger partial charge in [0.2, 0.25) is 0 Å². The molecule has 3 rings (SSSR count). The Morgan fingerprint density at radius 1 is 1.10 bits per heavy atom. The van der Waals surface area contributed by atoms with E-state index in [0.29, 0.717) is 5.56 Å². The first-order valence-electron chi connectivity index (χ1n) is 6.27. The molecular weight excluding hydrogens is 270 g/mol. The Hall–Kier alpha value is -2.20. The average molecular weight is 283 g/mol. The predicted octanol–water partition coefficient (Wildman–Crippen LogP) is 3.47. The summed E-state index contributed by atoms with van der Waals surface area (Å²) in [6.07, 6.45) is 0. The molecule has 20 heavy (non-hydrogen) atoms. The third-order valence-corrected chi connectivity index (χ3v) is 4.41. The number of carbonyl (C=O) groups excluding carboxylic acids is 1. The van der Waals surface area contributed by atoms with Gasteiger partial charge in [0.05, 0.1) is 10.2 Å². The summed E-state index contributed by atoms with van der Waals surface area (Å²) < 4.78 is 2.63. The number of aromatic nitrogens is 1. The second-order valence-electron chi connectivity index (χ2n) is 4.75. The third kappa shape index (κ3) is 2.08. The quantitative estimate of drug-likeness (QED) is 0.675. The van der Waals surface area contributed by atoms with Crippen LogP contribution in [0.15, 0.2) is 47.3 Å². The van der Waals surface area contributed by atoms with E-state index in [9.17, 15) is 9.59 Å². The second-order valence-corrected chi connectivity index (χ2v) is 5.74. The minimum Gasteiger partial charge on any atom is -0.302 e. The maximum atomic E-state index is 11.7. The molecule has 0 aliphatic carbocycles. The molecule has 100 valence electrons. The van der Waals surface area contributed by atoms with Crippen LogP contribution in [0.5, 0.6) is 0 Å². The Kier molecular flexibility index (Phi) is 3.03. The number of thiazole rings is 1. The van der Waals surface area contributed by atoms with E-state index in [4.69, 9.17) is 0 Å². The Bertz CT molecular complexity index is 874. The van der Waals surface area contributed by atoms with Crippen LogP contribution in [0.25, 0.3) is 21.3 Å². The molecule has 0 spiro atoms. The smallest absolute Gasteiger partial charge is 0.302 e. The molecule has 3 aromatic rings. The highest BCUT2D eigenvalue weighted by molar-refractivity contribution is 7.16. The number of ketones is 1. The molecule has 4 heteroatoms. The van der Waals surface area contributed by atoms with Crippen molar-refractivity contribution in [3.8, 4) is 11.1 Å². The summed E-state index contributed by atoms with van der Waals surface area (Å²) in [5, 5.41) is 0. The summed E-state index contributed by atoms with van der Waals surface area (Å²) in [5.41, 5.74) is 3.61. The van der Waals surface area contributed by atoms with E-state index in [2.05, 4.69) is 0 Å². The molecule has 0 aliphatic heterocycles. The Morgan fingerprint density at radius 3 is 2.60 bits per heavy atom. The van der Waals surface area contributed by atoms with Crippen molar-refractivity contribution in [1.29, 1.82) is 0 Å². The summed E-state index contributed by atoms with van der Waals surface area (Å²) in [6.45, 7) is 1.56. The molecule has 0 fully saturated rings. The molecule has 1 aromatic heterocycles. The number of nitrogens with zero attached hydrogens (tertiary/aromatic N) is 1. The van der Waals surface area contributed by atoms with E-state index in [-0.39, 0.29) is 10.7 Å². The molecule has 0 saturated heterocycles. The SMILES string of the molecule is CC(=O)c1cccc(-c2ccc3sc(=O)n(C)c3c2)c1. The maximum absolute atomic E-state index is 11.7. The fraction of sp³-hybridized carbons (Fsp3) is 0.125. The molecule has 0 unspecified atom stereocenters. The van der Waals surface area contributed by atoms with Crippen LogP contribution in [0, 0.1) is 0 Å². The first kappa shape index (κ1) is 12.8. The molecule has 3 nitrogen and oxygen atoms in total. The number of hydrogen-bond acceptors (Lipinski definition) is 3. The van der Waals surface area contributed by atoms with Gasteiger partial charge in [0, 0.05) is 12.6 Å². The zero-order chi connectivity index (χ0) is 14.3. The van der Waals surface area contributed by atoms with Gasteiger partial charge in [-0.15, -0.1) is 0 Å².